The fourth-order valence-electron chi connectivity index (χ4n) is 1.86. The van der Waals surface area contributed by atoms with Gasteiger partial charge in [-0.05, 0) is 44.9 Å². The molecule has 0 bridgehead atoms. The fraction of sp³-hybridized carbons (Fsp3) is 0.286. The summed E-state index contributed by atoms with van der Waals surface area (Å²) in [6.45, 7) is 6.28. The Bertz CT molecular complexity index is 674. The van der Waals surface area contributed by atoms with E-state index in [1.807, 2.05) is 30.3 Å². The van der Waals surface area contributed by atoms with Gasteiger partial charge in [-0.25, -0.2) is 0 Å². The molecule has 0 saturated carbocycles. The van der Waals surface area contributed by atoms with E-state index < -0.39 is 6.07 Å². The molecular formula is C14H15Cl2O3P. The highest BCUT2D eigenvalue weighted by Gasteiger charge is 2.20. The van der Waals surface area contributed by atoms with Crippen LogP contribution in [0.1, 0.15) is 26.3 Å². The first-order chi connectivity index (χ1) is 9.17. The van der Waals surface area contributed by atoms with Gasteiger partial charge in [0.05, 0.1) is 0 Å². The van der Waals surface area contributed by atoms with Gasteiger partial charge in [-0.1, -0.05) is 55.8 Å². The summed E-state index contributed by atoms with van der Waals surface area (Å²) in [5, 5.41) is 1.83. The summed E-state index contributed by atoms with van der Waals surface area (Å²) >= 11 is 10.7. The molecule has 0 amide bonds. The molecule has 2 rings (SSSR count). The Morgan fingerprint density at radius 2 is 1.75 bits per heavy atom. The molecular weight excluding hydrogens is 318 g/mol. The summed E-state index contributed by atoms with van der Waals surface area (Å²) in [6, 6.07) is 11.6. The van der Waals surface area contributed by atoms with Crippen LogP contribution in [0.15, 0.2) is 36.4 Å². The highest BCUT2D eigenvalue weighted by atomic mass is 35.9. The first-order valence-electron chi connectivity index (χ1n) is 6.06. The van der Waals surface area contributed by atoms with Gasteiger partial charge in [0.15, 0.2) is 5.75 Å². The maximum atomic E-state index is 11.2. The minimum absolute atomic E-state index is 0.0617. The third kappa shape index (κ3) is 3.89. The van der Waals surface area contributed by atoms with Gasteiger partial charge in [0.25, 0.3) is 0 Å². The molecule has 0 atom stereocenters. The minimum Gasteiger partial charge on any atom is -0.328 e. The Morgan fingerprint density at radius 1 is 1.10 bits per heavy atom. The Labute approximate surface area is 127 Å². The SMILES string of the molecule is CC(C)(C)c1cc(OOP(=O)(Cl)Cl)c2ccccc2c1. The van der Waals surface area contributed by atoms with Crippen LogP contribution in [-0.2, 0) is 14.7 Å². The molecule has 108 valence electrons. The summed E-state index contributed by atoms with van der Waals surface area (Å²) in [5.41, 5.74) is 1.00. The third-order valence-electron chi connectivity index (χ3n) is 2.90. The zero-order valence-corrected chi connectivity index (χ0v) is 13.8. The lowest BCUT2D eigenvalue weighted by atomic mass is 9.85. The highest BCUT2D eigenvalue weighted by molar-refractivity contribution is 8.05. The van der Waals surface area contributed by atoms with Crippen molar-refractivity contribution in [2.75, 3.05) is 0 Å². The molecule has 0 heterocycles. The molecule has 2 aromatic rings. The van der Waals surface area contributed by atoms with Crippen molar-refractivity contribution < 1.29 is 14.1 Å². The smallest absolute Gasteiger partial charge is 0.328 e. The normalized spacial score (nSPS) is 12.7. The summed E-state index contributed by atoms with van der Waals surface area (Å²) in [7, 11) is 0. The van der Waals surface area contributed by atoms with E-state index in [-0.39, 0.29) is 5.41 Å². The summed E-state index contributed by atoms with van der Waals surface area (Å²) in [5.74, 6) is 0.439. The van der Waals surface area contributed by atoms with E-state index in [1.54, 1.807) is 0 Å². The lowest BCUT2D eigenvalue weighted by Gasteiger charge is -2.21. The number of fused-ring (bicyclic) bond motifs is 1. The second-order valence-corrected chi connectivity index (χ2v) is 9.69. The quantitative estimate of drug-likeness (QED) is 0.391. The average Bonchev–Trinajstić information content (AvgIpc) is 2.33. The number of hydrogen-bond donors (Lipinski definition) is 0. The van der Waals surface area contributed by atoms with Crippen molar-refractivity contribution in [2.45, 2.75) is 26.2 Å². The molecule has 2 aromatic carbocycles. The number of halogens is 2. The maximum absolute atomic E-state index is 11.2. The Balaban J connectivity index is 2.52. The van der Waals surface area contributed by atoms with Crippen molar-refractivity contribution in [1.29, 1.82) is 0 Å². The van der Waals surface area contributed by atoms with Crippen LogP contribution in [0.25, 0.3) is 10.8 Å². The maximum Gasteiger partial charge on any atom is 0.417 e. The largest absolute Gasteiger partial charge is 0.417 e. The lowest BCUT2D eigenvalue weighted by molar-refractivity contribution is -0.0891. The van der Waals surface area contributed by atoms with Gasteiger partial charge in [-0.15, -0.1) is 0 Å². The van der Waals surface area contributed by atoms with Crippen LogP contribution < -0.4 is 4.89 Å². The molecule has 3 nitrogen and oxygen atoms in total. The van der Waals surface area contributed by atoms with Gasteiger partial charge in [0, 0.05) is 5.39 Å². The number of hydrogen-bond acceptors (Lipinski definition) is 3. The number of benzene rings is 2. The van der Waals surface area contributed by atoms with Gasteiger partial charge in [0.2, 0.25) is 0 Å². The van der Waals surface area contributed by atoms with E-state index >= 15 is 0 Å². The topological polar surface area (TPSA) is 35.5 Å². The number of rotatable bonds is 3. The van der Waals surface area contributed by atoms with Crippen molar-refractivity contribution in [2.24, 2.45) is 0 Å². The molecule has 0 spiro atoms. The molecule has 0 aliphatic rings. The Hall–Kier alpha value is -0.730. The molecule has 0 unspecified atom stereocenters. The zero-order chi connectivity index (χ0) is 15.0. The van der Waals surface area contributed by atoms with Crippen molar-refractivity contribution in [3.8, 4) is 5.75 Å². The van der Waals surface area contributed by atoms with Crippen molar-refractivity contribution >= 4 is 39.3 Å². The van der Waals surface area contributed by atoms with Crippen LogP contribution in [0.5, 0.6) is 5.75 Å². The van der Waals surface area contributed by atoms with Crippen LogP contribution in [0.2, 0.25) is 0 Å². The van der Waals surface area contributed by atoms with E-state index in [2.05, 4.69) is 31.5 Å². The van der Waals surface area contributed by atoms with Gasteiger partial charge in [-0.2, -0.15) is 0 Å². The second kappa shape index (κ2) is 5.57. The summed E-state index contributed by atoms with van der Waals surface area (Å²) in [4.78, 5) is 5.09. The first-order valence-corrected chi connectivity index (χ1v) is 9.49. The first kappa shape index (κ1) is 15.7. The van der Waals surface area contributed by atoms with Crippen LogP contribution in [0.4, 0.5) is 0 Å². The van der Waals surface area contributed by atoms with Crippen molar-refractivity contribution in [1.82, 2.24) is 0 Å². The van der Waals surface area contributed by atoms with E-state index in [0.29, 0.717) is 5.75 Å². The Morgan fingerprint density at radius 3 is 2.35 bits per heavy atom. The van der Waals surface area contributed by atoms with Crippen LogP contribution in [-0.4, -0.2) is 0 Å². The standard InChI is InChI=1S/C14H15Cl2O3P/c1-14(2,3)11-8-10-6-4-5-7-12(10)13(9-11)18-19-20(15,16)17/h4-9H,1-3H3. The predicted molar refractivity (Wildman–Crippen MR) is 83.7 cm³/mol. The van der Waals surface area contributed by atoms with Crippen molar-refractivity contribution in [3.05, 3.63) is 42.0 Å². The molecule has 0 aliphatic heterocycles. The molecule has 0 radical (unpaired) electrons. The van der Waals surface area contributed by atoms with E-state index in [0.717, 1.165) is 16.3 Å². The molecule has 6 heteroatoms. The van der Waals surface area contributed by atoms with Gasteiger partial charge < -0.3 is 4.89 Å². The van der Waals surface area contributed by atoms with E-state index in [9.17, 15) is 4.57 Å². The second-order valence-electron chi connectivity index (χ2n) is 5.52. The fourth-order valence-corrected chi connectivity index (χ4v) is 2.20. The highest BCUT2D eigenvalue weighted by Crippen LogP contribution is 2.57. The molecule has 0 N–H and O–H groups in total. The van der Waals surface area contributed by atoms with Crippen LogP contribution in [0.3, 0.4) is 0 Å². The molecule has 0 aliphatic carbocycles. The van der Waals surface area contributed by atoms with Crippen LogP contribution in [0, 0.1) is 0 Å². The molecule has 0 aromatic heterocycles. The molecule has 0 saturated heterocycles. The predicted octanol–water partition coefficient (Wildman–Crippen LogP) is 6.03. The minimum atomic E-state index is -3.74. The van der Waals surface area contributed by atoms with E-state index in [1.165, 1.54) is 0 Å². The van der Waals surface area contributed by atoms with Gasteiger partial charge >= 0.3 is 6.07 Å². The molecule has 20 heavy (non-hydrogen) atoms. The van der Waals surface area contributed by atoms with Crippen molar-refractivity contribution in [3.63, 3.8) is 0 Å². The third-order valence-corrected chi connectivity index (χ3v) is 3.49. The average molecular weight is 333 g/mol. The van der Waals surface area contributed by atoms with Crippen LogP contribution >= 0.6 is 28.6 Å². The monoisotopic (exact) mass is 332 g/mol. The zero-order valence-electron chi connectivity index (χ0n) is 11.4. The van der Waals surface area contributed by atoms with Gasteiger partial charge in [0.1, 0.15) is 0 Å². The lowest BCUT2D eigenvalue weighted by Crippen LogP contribution is -2.11. The Kier molecular flexibility index (Phi) is 4.36. The molecule has 0 fully saturated rings. The summed E-state index contributed by atoms with van der Waals surface area (Å²) < 4.78 is 15.8. The van der Waals surface area contributed by atoms with Gasteiger partial charge in [-0.3, -0.25) is 4.57 Å². The van der Waals surface area contributed by atoms with E-state index in [4.69, 9.17) is 27.4 Å². The summed E-state index contributed by atoms with van der Waals surface area (Å²) in [6.07, 6.45) is -3.74.